The summed E-state index contributed by atoms with van der Waals surface area (Å²) in [5, 5.41) is 13.7. The average molecular weight is 460 g/mol. The molecule has 1 saturated heterocycles. The zero-order valence-corrected chi connectivity index (χ0v) is 16.9. The fourth-order valence-electron chi connectivity index (χ4n) is 2.69. The molecule has 0 aromatic carbocycles. The lowest BCUT2D eigenvalue weighted by Crippen LogP contribution is -2.46. The molecular formula is C16H25IN6O2. The van der Waals surface area contributed by atoms with Crippen LogP contribution in [0.25, 0.3) is 11.6 Å². The molecule has 138 valence electrons. The molecule has 1 fully saturated rings. The smallest absolute Gasteiger partial charge is 0.216 e. The zero-order chi connectivity index (χ0) is 16.8. The van der Waals surface area contributed by atoms with Crippen LogP contribution in [0.5, 0.6) is 0 Å². The number of aliphatic imine (C=N–C) groups is 1. The van der Waals surface area contributed by atoms with Gasteiger partial charge < -0.3 is 19.8 Å². The minimum absolute atomic E-state index is 0. The highest BCUT2D eigenvalue weighted by atomic mass is 127. The van der Waals surface area contributed by atoms with E-state index in [4.69, 9.17) is 9.15 Å². The molecule has 9 heteroatoms. The maximum absolute atomic E-state index is 5.77. The number of nitrogens with zero attached hydrogens (tertiary/aromatic N) is 3. The van der Waals surface area contributed by atoms with Crippen molar-refractivity contribution in [3.8, 4) is 11.6 Å². The summed E-state index contributed by atoms with van der Waals surface area (Å²) in [6.07, 6.45) is 4.51. The topological polar surface area (TPSA) is 100 Å². The van der Waals surface area contributed by atoms with Gasteiger partial charge in [-0.15, -0.1) is 24.0 Å². The number of aromatic amines is 1. The molecule has 1 atom stereocenters. The van der Waals surface area contributed by atoms with E-state index in [1.807, 2.05) is 12.1 Å². The molecule has 0 amide bonds. The van der Waals surface area contributed by atoms with Crippen molar-refractivity contribution in [3.05, 3.63) is 24.2 Å². The monoisotopic (exact) mass is 460 g/mol. The summed E-state index contributed by atoms with van der Waals surface area (Å²) < 4.78 is 11.1. The molecule has 0 spiro atoms. The molecule has 3 heterocycles. The Morgan fingerprint density at radius 1 is 1.44 bits per heavy atom. The van der Waals surface area contributed by atoms with Gasteiger partial charge in [0.1, 0.15) is 5.82 Å². The predicted molar refractivity (Wildman–Crippen MR) is 106 cm³/mol. The minimum Gasteiger partial charge on any atom is -0.461 e. The Morgan fingerprint density at radius 3 is 3.00 bits per heavy atom. The van der Waals surface area contributed by atoms with Gasteiger partial charge in [-0.25, -0.2) is 4.98 Å². The molecule has 25 heavy (non-hydrogen) atoms. The fraction of sp³-hybridized carbons (Fsp3) is 0.562. The van der Waals surface area contributed by atoms with Gasteiger partial charge in [0, 0.05) is 33.2 Å². The second kappa shape index (κ2) is 9.18. The molecule has 2 aromatic rings. The molecule has 0 bridgehead atoms. The molecule has 0 aliphatic carbocycles. The summed E-state index contributed by atoms with van der Waals surface area (Å²) >= 11 is 0. The van der Waals surface area contributed by atoms with Crippen LogP contribution in [0.15, 0.2) is 27.8 Å². The van der Waals surface area contributed by atoms with Crippen molar-refractivity contribution in [1.29, 1.82) is 0 Å². The zero-order valence-electron chi connectivity index (χ0n) is 14.5. The van der Waals surface area contributed by atoms with Gasteiger partial charge >= 0.3 is 0 Å². The fourth-order valence-corrected chi connectivity index (χ4v) is 2.69. The first-order valence-electron chi connectivity index (χ1n) is 8.22. The second-order valence-electron chi connectivity index (χ2n) is 6.09. The molecule has 8 nitrogen and oxygen atoms in total. The second-order valence-corrected chi connectivity index (χ2v) is 6.09. The van der Waals surface area contributed by atoms with Gasteiger partial charge in [0.15, 0.2) is 11.7 Å². The Balaban J connectivity index is 0.00000225. The van der Waals surface area contributed by atoms with Crippen LogP contribution in [0.4, 0.5) is 0 Å². The van der Waals surface area contributed by atoms with Crippen molar-refractivity contribution in [2.75, 3.05) is 26.7 Å². The van der Waals surface area contributed by atoms with Crippen molar-refractivity contribution >= 4 is 29.9 Å². The number of aromatic nitrogens is 3. The summed E-state index contributed by atoms with van der Waals surface area (Å²) in [4.78, 5) is 8.65. The highest BCUT2D eigenvalue weighted by Crippen LogP contribution is 2.23. The van der Waals surface area contributed by atoms with Gasteiger partial charge in [-0.2, -0.15) is 5.10 Å². The molecule has 1 aliphatic rings. The van der Waals surface area contributed by atoms with E-state index in [0.717, 1.165) is 37.8 Å². The third-order valence-electron chi connectivity index (χ3n) is 4.08. The van der Waals surface area contributed by atoms with Crippen molar-refractivity contribution in [3.63, 3.8) is 0 Å². The van der Waals surface area contributed by atoms with Crippen LogP contribution >= 0.6 is 24.0 Å². The largest absolute Gasteiger partial charge is 0.461 e. The van der Waals surface area contributed by atoms with Gasteiger partial charge in [-0.3, -0.25) is 10.1 Å². The first kappa shape index (κ1) is 19.7. The lowest BCUT2D eigenvalue weighted by molar-refractivity contribution is 0.0243. The molecule has 0 saturated carbocycles. The third kappa shape index (κ3) is 5.43. The SMILES string of the molecule is CN=C(NCCc1nc(-c2ccco2)n[nH]1)NCC1(C)CCCO1.I. The van der Waals surface area contributed by atoms with Crippen molar-refractivity contribution in [2.45, 2.75) is 31.8 Å². The van der Waals surface area contributed by atoms with E-state index < -0.39 is 0 Å². The third-order valence-corrected chi connectivity index (χ3v) is 4.08. The first-order chi connectivity index (χ1) is 11.7. The van der Waals surface area contributed by atoms with Crippen molar-refractivity contribution < 1.29 is 9.15 Å². The standard InChI is InChI=1S/C16H24N6O2.HI/c1-16(7-4-10-24-16)11-19-15(17-2)18-8-6-13-20-14(22-21-13)12-5-3-9-23-12;/h3,5,9H,4,6-8,10-11H2,1-2H3,(H2,17,18,19)(H,20,21,22);1H. The van der Waals surface area contributed by atoms with Crippen LogP contribution in [0.3, 0.4) is 0 Å². The maximum atomic E-state index is 5.77. The van der Waals surface area contributed by atoms with E-state index in [1.165, 1.54) is 0 Å². The van der Waals surface area contributed by atoms with Gasteiger partial charge in [0.25, 0.3) is 0 Å². The molecular weight excluding hydrogens is 435 g/mol. The summed E-state index contributed by atoms with van der Waals surface area (Å²) in [6.45, 7) is 4.42. The Labute approximate surface area is 164 Å². The van der Waals surface area contributed by atoms with E-state index in [-0.39, 0.29) is 29.6 Å². The molecule has 1 aliphatic heterocycles. The van der Waals surface area contributed by atoms with E-state index in [1.54, 1.807) is 13.3 Å². The molecule has 1 unspecified atom stereocenters. The van der Waals surface area contributed by atoms with Gasteiger partial charge in [0.2, 0.25) is 5.82 Å². The number of furan rings is 1. The molecule has 3 N–H and O–H groups in total. The Bertz CT molecular complexity index is 664. The Hall–Kier alpha value is -1.62. The van der Waals surface area contributed by atoms with Crippen molar-refractivity contribution in [2.24, 2.45) is 4.99 Å². The first-order valence-corrected chi connectivity index (χ1v) is 8.22. The molecule has 2 aromatic heterocycles. The number of hydrogen-bond donors (Lipinski definition) is 3. The summed E-state index contributed by atoms with van der Waals surface area (Å²) in [5.74, 6) is 2.80. The Morgan fingerprint density at radius 2 is 2.32 bits per heavy atom. The van der Waals surface area contributed by atoms with Gasteiger partial charge in [0.05, 0.1) is 11.9 Å². The lowest BCUT2D eigenvalue weighted by Gasteiger charge is -2.24. The summed E-state index contributed by atoms with van der Waals surface area (Å²) in [7, 11) is 1.76. The molecule has 0 radical (unpaired) electrons. The van der Waals surface area contributed by atoms with Crippen molar-refractivity contribution in [1.82, 2.24) is 25.8 Å². The van der Waals surface area contributed by atoms with Crippen LogP contribution < -0.4 is 10.6 Å². The van der Waals surface area contributed by atoms with Crippen LogP contribution in [0.1, 0.15) is 25.6 Å². The lowest BCUT2D eigenvalue weighted by atomic mass is 10.0. The molecule has 3 rings (SSSR count). The van der Waals surface area contributed by atoms with Crippen LogP contribution in [-0.2, 0) is 11.2 Å². The maximum Gasteiger partial charge on any atom is 0.216 e. The number of hydrogen-bond acceptors (Lipinski definition) is 5. The number of rotatable bonds is 6. The summed E-state index contributed by atoms with van der Waals surface area (Å²) in [5.41, 5.74) is -0.0967. The van der Waals surface area contributed by atoms with Crippen LogP contribution in [-0.4, -0.2) is 53.5 Å². The number of halogens is 1. The highest BCUT2D eigenvalue weighted by molar-refractivity contribution is 14.0. The predicted octanol–water partition coefficient (Wildman–Crippen LogP) is 1.96. The van der Waals surface area contributed by atoms with Gasteiger partial charge in [-0.1, -0.05) is 0 Å². The van der Waals surface area contributed by atoms with E-state index in [0.29, 0.717) is 24.6 Å². The normalized spacial score (nSPS) is 20.3. The number of nitrogens with one attached hydrogen (secondary N) is 3. The van der Waals surface area contributed by atoms with Crippen LogP contribution in [0, 0.1) is 0 Å². The Kier molecular flexibility index (Phi) is 7.24. The minimum atomic E-state index is -0.0967. The van der Waals surface area contributed by atoms with E-state index in [2.05, 4.69) is 37.7 Å². The highest BCUT2D eigenvalue weighted by Gasteiger charge is 2.29. The van der Waals surface area contributed by atoms with Gasteiger partial charge in [-0.05, 0) is 31.9 Å². The van der Waals surface area contributed by atoms with E-state index in [9.17, 15) is 0 Å². The number of ether oxygens (including phenoxy) is 1. The quantitative estimate of drug-likeness (QED) is 0.346. The number of guanidine groups is 1. The summed E-state index contributed by atoms with van der Waals surface area (Å²) in [6, 6.07) is 3.65. The average Bonchev–Trinajstić information content (AvgIpc) is 3.32. The van der Waals surface area contributed by atoms with Crippen LogP contribution in [0.2, 0.25) is 0 Å². The number of H-pyrrole nitrogens is 1. The van der Waals surface area contributed by atoms with E-state index >= 15 is 0 Å².